The van der Waals surface area contributed by atoms with E-state index < -0.39 is 0 Å². The van der Waals surface area contributed by atoms with Gasteiger partial charge in [0.15, 0.2) is 0 Å². The topological polar surface area (TPSA) is 9.23 Å². The van der Waals surface area contributed by atoms with Crippen LogP contribution in [0.25, 0.3) is 20.9 Å². The minimum absolute atomic E-state index is 0.897. The van der Waals surface area contributed by atoms with Crippen molar-refractivity contribution in [2.75, 3.05) is 7.11 Å². The highest BCUT2D eigenvalue weighted by molar-refractivity contribution is 7.22. The zero-order valence-corrected chi connectivity index (χ0v) is 13.4. The molecule has 0 radical (unpaired) electrons. The molecule has 0 aliphatic carbocycles. The Morgan fingerprint density at radius 2 is 1.60 bits per heavy atom. The molecule has 0 N–H and O–H groups in total. The summed E-state index contributed by atoms with van der Waals surface area (Å²) < 4.78 is 5.23. The zero-order chi connectivity index (χ0) is 14.1. The third-order valence-electron chi connectivity index (χ3n) is 3.22. The summed E-state index contributed by atoms with van der Waals surface area (Å²) in [4.78, 5) is 5.42. The number of methoxy groups -OCH3 is 1. The van der Waals surface area contributed by atoms with Gasteiger partial charge in [-0.15, -0.1) is 22.7 Å². The Hall–Kier alpha value is -1.58. The van der Waals surface area contributed by atoms with Crippen molar-refractivity contribution in [3.8, 4) is 26.6 Å². The number of ether oxygens (including phenoxy) is 1. The Labute approximate surface area is 127 Å². The standard InChI is InChI=1S/C17H16OS2/c1-11-4-9-16(19-11)17-15(10-12(2)20-17)13-5-7-14(18-3)8-6-13/h4-10H,1-3H3. The summed E-state index contributed by atoms with van der Waals surface area (Å²) in [6.45, 7) is 4.32. The lowest BCUT2D eigenvalue weighted by molar-refractivity contribution is 0.415. The molecule has 2 heterocycles. The van der Waals surface area contributed by atoms with E-state index in [0.717, 1.165) is 5.75 Å². The third-order valence-corrected chi connectivity index (χ3v) is 5.45. The Balaban J connectivity index is 2.09. The van der Waals surface area contributed by atoms with Crippen LogP contribution in [-0.2, 0) is 0 Å². The van der Waals surface area contributed by atoms with Gasteiger partial charge in [0.2, 0.25) is 0 Å². The van der Waals surface area contributed by atoms with Gasteiger partial charge in [-0.3, -0.25) is 0 Å². The molecule has 0 saturated carbocycles. The van der Waals surface area contributed by atoms with E-state index in [4.69, 9.17) is 4.74 Å². The third kappa shape index (κ3) is 2.51. The van der Waals surface area contributed by atoms with Crippen LogP contribution in [-0.4, -0.2) is 7.11 Å². The van der Waals surface area contributed by atoms with Crippen LogP contribution in [0.3, 0.4) is 0 Å². The molecule has 2 aromatic heterocycles. The number of hydrogen-bond donors (Lipinski definition) is 0. The number of aryl methyl sites for hydroxylation is 2. The van der Waals surface area contributed by atoms with Crippen LogP contribution in [0.5, 0.6) is 5.75 Å². The van der Waals surface area contributed by atoms with Gasteiger partial charge in [-0.05, 0) is 49.7 Å². The van der Waals surface area contributed by atoms with Crippen molar-refractivity contribution in [3.63, 3.8) is 0 Å². The van der Waals surface area contributed by atoms with E-state index in [-0.39, 0.29) is 0 Å². The first-order valence-electron chi connectivity index (χ1n) is 6.49. The smallest absolute Gasteiger partial charge is 0.118 e. The molecule has 3 aromatic rings. The fraction of sp³-hybridized carbons (Fsp3) is 0.176. The van der Waals surface area contributed by atoms with E-state index in [9.17, 15) is 0 Å². The van der Waals surface area contributed by atoms with Gasteiger partial charge in [-0.25, -0.2) is 0 Å². The Morgan fingerprint density at radius 1 is 0.850 bits per heavy atom. The maximum atomic E-state index is 5.23. The largest absolute Gasteiger partial charge is 0.497 e. The van der Waals surface area contributed by atoms with Crippen molar-refractivity contribution in [2.24, 2.45) is 0 Å². The monoisotopic (exact) mass is 300 g/mol. The molecule has 1 aromatic carbocycles. The summed E-state index contributed by atoms with van der Waals surface area (Å²) in [5.41, 5.74) is 2.56. The number of hydrogen-bond acceptors (Lipinski definition) is 3. The summed E-state index contributed by atoms with van der Waals surface area (Å²) in [6.07, 6.45) is 0. The SMILES string of the molecule is COc1ccc(-c2cc(C)sc2-c2ccc(C)s2)cc1. The van der Waals surface area contributed by atoms with Crippen molar-refractivity contribution < 1.29 is 4.74 Å². The molecular weight excluding hydrogens is 284 g/mol. The molecule has 0 aliphatic rings. The van der Waals surface area contributed by atoms with Crippen molar-refractivity contribution in [2.45, 2.75) is 13.8 Å². The van der Waals surface area contributed by atoms with Crippen LogP contribution < -0.4 is 4.74 Å². The Bertz CT molecular complexity index is 720. The number of rotatable bonds is 3. The maximum Gasteiger partial charge on any atom is 0.118 e. The quantitative estimate of drug-likeness (QED) is 0.596. The van der Waals surface area contributed by atoms with Gasteiger partial charge in [-0.1, -0.05) is 12.1 Å². The van der Waals surface area contributed by atoms with Gasteiger partial charge in [0.05, 0.1) is 12.0 Å². The van der Waals surface area contributed by atoms with E-state index >= 15 is 0 Å². The molecule has 0 spiro atoms. The normalized spacial score (nSPS) is 10.8. The molecule has 0 saturated heterocycles. The lowest BCUT2D eigenvalue weighted by Crippen LogP contribution is -1.82. The summed E-state index contributed by atoms with van der Waals surface area (Å²) in [5, 5.41) is 0. The Morgan fingerprint density at radius 3 is 2.20 bits per heavy atom. The summed E-state index contributed by atoms with van der Waals surface area (Å²) in [7, 11) is 1.70. The minimum Gasteiger partial charge on any atom is -0.497 e. The fourth-order valence-electron chi connectivity index (χ4n) is 2.24. The van der Waals surface area contributed by atoms with Crippen molar-refractivity contribution in [3.05, 3.63) is 52.2 Å². The average molecular weight is 300 g/mol. The first kappa shape index (κ1) is 13.4. The van der Waals surface area contributed by atoms with Crippen molar-refractivity contribution in [1.82, 2.24) is 0 Å². The predicted octanol–water partition coefficient (Wildman–Crippen LogP) is 5.77. The molecule has 0 aliphatic heterocycles. The van der Waals surface area contributed by atoms with Gasteiger partial charge in [-0.2, -0.15) is 0 Å². The maximum absolute atomic E-state index is 5.23. The van der Waals surface area contributed by atoms with Crippen molar-refractivity contribution >= 4 is 22.7 Å². The first-order valence-corrected chi connectivity index (χ1v) is 8.12. The fourth-order valence-corrected chi connectivity index (χ4v) is 4.26. The van der Waals surface area contributed by atoms with Crippen LogP contribution in [0.15, 0.2) is 42.5 Å². The number of benzene rings is 1. The molecular formula is C17H16OS2. The summed E-state index contributed by atoms with van der Waals surface area (Å²) in [5.74, 6) is 0.897. The summed E-state index contributed by atoms with van der Waals surface area (Å²) in [6, 6.07) is 15.0. The lowest BCUT2D eigenvalue weighted by atomic mass is 10.1. The summed E-state index contributed by atoms with van der Waals surface area (Å²) >= 11 is 3.72. The molecule has 102 valence electrons. The molecule has 0 unspecified atom stereocenters. The second kappa shape index (κ2) is 5.43. The molecule has 0 fully saturated rings. The Kier molecular flexibility index (Phi) is 3.64. The van der Waals surface area contributed by atoms with Crippen LogP contribution in [0.2, 0.25) is 0 Å². The second-order valence-corrected chi connectivity index (χ2v) is 7.28. The molecule has 0 amide bonds. The van der Waals surface area contributed by atoms with Crippen LogP contribution in [0.1, 0.15) is 9.75 Å². The van der Waals surface area contributed by atoms with Gasteiger partial charge >= 0.3 is 0 Å². The highest BCUT2D eigenvalue weighted by Gasteiger charge is 2.12. The molecule has 3 rings (SSSR count). The lowest BCUT2D eigenvalue weighted by Gasteiger charge is -2.04. The zero-order valence-electron chi connectivity index (χ0n) is 11.8. The highest BCUT2D eigenvalue weighted by atomic mass is 32.1. The van der Waals surface area contributed by atoms with Gasteiger partial charge in [0.1, 0.15) is 5.75 Å². The van der Waals surface area contributed by atoms with Crippen molar-refractivity contribution in [1.29, 1.82) is 0 Å². The van der Waals surface area contributed by atoms with E-state index in [1.165, 1.54) is 30.6 Å². The van der Waals surface area contributed by atoms with E-state index in [1.54, 1.807) is 7.11 Å². The molecule has 0 atom stereocenters. The number of thiophene rings is 2. The average Bonchev–Trinajstić information content (AvgIpc) is 3.05. The molecule has 1 nitrogen and oxygen atoms in total. The van der Waals surface area contributed by atoms with Crippen LogP contribution in [0.4, 0.5) is 0 Å². The van der Waals surface area contributed by atoms with Crippen LogP contribution in [0, 0.1) is 13.8 Å². The van der Waals surface area contributed by atoms with Crippen LogP contribution >= 0.6 is 22.7 Å². The molecule has 20 heavy (non-hydrogen) atoms. The van der Waals surface area contributed by atoms with E-state index in [1.807, 2.05) is 34.8 Å². The minimum atomic E-state index is 0.897. The van der Waals surface area contributed by atoms with Gasteiger partial charge in [0, 0.05) is 20.2 Å². The first-order chi connectivity index (χ1) is 9.67. The van der Waals surface area contributed by atoms with E-state index in [2.05, 4.69) is 44.2 Å². The highest BCUT2D eigenvalue weighted by Crippen LogP contribution is 2.42. The van der Waals surface area contributed by atoms with E-state index in [0.29, 0.717) is 0 Å². The molecule has 0 bridgehead atoms. The van der Waals surface area contributed by atoms with Gasteiger partial charge in [0.25, 0.3) is 0 Å². The molecule has 3 heteroatoms. The van der Waals surface area contributed by atoms with Gasteiger partial charge < -0.3 is 4.74 Å². The second-order valence-electron chi connectivity index (χ2n) is 4.74. The predicted molar refractivity (Wildman–Crippen MR) is 89.1 cm³/mol.